The van der Waals surface area contributed by atoms with Gasteiger partial charge in [0.25, 0.3) is 0 Å². The standard InChI is InChI=1S/C16H13NOS/c1-17-14-9-5-4-8-13(14)15-10-11-6-2-3-7-12(11)16(19)18-15/h2-10,17H,1H3. The predicted octanol–water partition coefficient (Wildman–Crippen LogP) is 4.87. The van der Waals surface area contributed by atoms with Crippen molar-refractivity contribution >= 4 is 28.7 Å². The highest BCUT2D eigenvalue weighted by Gasteiger charge is 2.07. The SMILES string of the molecule is CNc1ccccc1-c1cc2ccccc2c(=S)o1. The lowest BCUT2D eigenvalue weighted by Gasteiger charge is -2.08. The van der Waals surface area contributed by atoms with E-state index in [9.17, 15) is 0 Å². The van der Waals surface area contributed by atoms with Crippen LogP contribution in [-0.2, 0) is 0 Å². The topological polar surface area (TPSA) is 25.2 Å². The third-order valence-corrected chi connectivity index (χ3v) is 3.44. The predicted molar refractivity (Wildman–Crippen MR) is 82.0 cm³/mol. The van der Waals surface area contributed by atoms with E-state index in [2.05, 4.69) is 5.32 Å². The number of rotatable bonds is 2. The van der Waals surface area contributed by atoms with Gasteiger partial charge in [0.05, 0.1) is 0 Å². The second-order valence-electron chi connectivity index (χ2n) is 4.28. The van der Waals surface area contributed by atoms with Crippen molar-refractivity contribution in [3.8, 4) is 11.3 Å². The Bertz CT molecular complexity index is 792. The maximum absolute atomic E-state index is 5.79. The molecule has 3 heteroatoms. The second-order valence-corrected chi connectivity index (χ2v) is 4.65. The molecule has 94 valence electrons. The summed E-state index contributed by atoms with van der Waals surface area (Å²) in [4.78, 5) is 0. The van der Waals surface area contributed by atoms with Gasteiger partial charge in [0.15, 0.2) is 4.71 Å². The Balaban J connectivity index is 2.29. The van der Waals surface area contributed by atoms with Crippen molar-refractivity contribution in [3.63, 3.8) is 0 Å². The minimum absolute atomic E-state index is 0.527. The van der Waals surface area contributed by atoms with Crippen LogP contribution in [0.4, 0.5) is 5.69 Å². The lowest BCUT2D eigenvalue weighted by Crippen LogP contribution is -1.91. The number of hydrogen-bond acceptors (Lipinski definition) is 3. The van der Waals surface area contributed by atoms with Crippen LogP contribution >= 0.6 is 12.2 Å². The first kappa shape index (κ1) is 11.9. The van der Waals surface area contributed by atoms with Crippen molar-refractivity contribution in [1.82, 2.24) is 0 Å². The third-order valence-electron chi connectivity index (χ3n) is 3.13. The summed E-state index contributed by atoms with van der Waals surface area (Å²) in [6.07, 6.45) is 0. The molecule has 1 N–H and O–H groups in total. The molecule has 0 aliphatic rings. The summed E-state index contributed by atoms with van der Waals surface area (Å²) in [7, 11) is 1.90. The zero-order chi connectivity index (χ0) is 13.2. The summed E-state index contributed by atoms with van der Waals surface area (Å²) in [6, 6.07) is 18.0. The van der Waals surface area contributed by atoms with Gasteiger partial charge in [-0.2, -0.15) is 0 Å². The van der Waals surface area contributed by atoms with Crippen LogP contribution in [0.25, 0.3) is 22.1 Å². The van der Waals surface area contributed by atoms with Gasteiger partial charge in [-0.05, 0) is 41.9 Å². The normalized spacial score (nSPS) is 10.6. The molecule has 0 unspecified atom stereocenters. The quantitative estimate of drug-likeness (QED) is 0.670. The highest BCUT2D eigenvalue weighted by Crippen LogP contribution is 2.30. The van der Waals surface area contributed by atoms with E-state index in [1.807, 2.05) is 61.6 Å². The molecule has 2 nitrogen and oxygen atoms in total. The minimum atomic E-state index is 0.527. The van der Waals surface area contributed by atoms with E-state index < -0.39 is 0 Å². The fourth-order valence-electron chi connectivity index (χ4n) is 2.18. The fourth-order valence-corrected chi connectivity index (χ4v) is 2.46. The average molecular weight is 267 g/mol. The van der Waals surface area contributed by atoms with Gasteiger partial charge >= 0.3 is 0 Å². The molecule has 0 bridgehead atoms. The van der Waals surface area contributed by atoms with Crippen molar-refractivity contribution in [2.75, 3.05) is 12.4 Å². The molecular weight excluding hydrogens is 254 g/mol. The largest absolute Gasteiger partial charge is 0.444 e. The average Bonchev–Trinajstić information content (AvgIpc) is 2.47. The van der Waals surface area contributed by atoms with Gasteiger partial charge in [0, 0.05) is 23.7 Å². The summed E-state index contributed by atoms with van der Waals surface area (Å²) in [5, 5.41) is 5.24. The van der Waals surface area contributed by atoms with Crippen molar-refractivity contribution in [2.24, 2.45) is 0 Å². The minimum Gasteiger partial charge on any atom is -0.444 e. The Morgan fingerprint density at radius 3 is 2.58 bits per heavy atom. The maximum atomic E-state index is 5.79. The second kappa shape index (κ2) is 4.86. The van der Waals surface area contributed by atoms with Crippen molar-refractivity contribution in [3.05, 3.63) is 59.3 Å². The third kappa shape index (κ3) is 2.13. The Morgan fingerprint density at radius 1 is 1.00 bits per heavy atom. The van der Waals surface area contributed by atoms with Gasteiger partial charge in [-0.15, -0.1) is 0 Å². The molecule has 0 fully saturated rings. The number of fused-ring (bicyclic) bond motifs is 1. The Kier molecular flexibility index (Phi) is 3.05. The summed E-state index contributed by atoms with van der Waals surface area (Å²) >= 11 is 5.33. The number of benzene rings is 2. The zero-order valence-electron chi connectivity index (χ0n) is 10.5. The van der Waals surface area contributed by atoms with Crippen molar-refractivity contribution < 1.29 is 4.42 Å². The van der Waals surface area contributed by atoms with Crippen LogP contribution in [0.2, 0.25) is 0 Å². The molecular formula is C16H13NOS. The highest BCUT2D eigenvalue weighted by atomic mass is 32.1. The number of hydrogen-bond donors (Lipinski definition) is 1. The fraction of sp³-hybridized carbons (Fsp3) is 0.0625. The van der Waals surface area contributed by atoms with E-state index in [-0.39, 0.29) is 0 Å². The highest BCUT2D eigenvalue weighted by molar-refractivity contribution is 7.71. The molecule has 0 atom stereocenters. The molecule has 1 aromatic heterocycles. The summed E-state index contributed by atoms with van der Waals surface area (Å²) in [5.74, 6) is 0.786. The number of anilines is 1. The van der Waals surface area contributed by atoms with E-state index in [1.54, 1.807) is 0 Å². The molecule has 0 saturated carbocycles. The van der Waals surface area contributed by atoms with E-state index in [0.717, 1.165) is 27.8 Å². The van der Waals surface area contributed by atoms with Gasteiger partial charge in [-0.1, -0.05) is 30.3 Å². The Hall–Kier alpha value is -2.13. The lowest BCUT2D eigenvalue weighted by molar-refractivity contribution is 0.558. The number of nitrogens with one attached hydrogen (secondary N) is 1. The first-order valence-corrected chi connectivity index (χ1v) is 6.50. The lowest BCUT2D eigenvalue weighted by atomic mass is 10.1. The molecule has 0 saturated heterocycles. The van der Waals surface area contributed by atoms with Crippen LogP contribution < -0.4 is 5.32 Å². The van der Waals surface area contributed by atoms with Gasteiger partial charge in [0.1, 0.15) is 5.76 Å². The monoisotopic (exact) mass is 267 g/mol. The Morgan fingerprint density at radius 2 is 1.74 bits per heavy atom. The summed E-state index contributed by atoms with van der Waals surface area (Å²) < 4.78 is 6.32. The molecule has 1 heterocycles. The van der Waals surface area contributed by atoms with Crippen LogP contribution in [-0.4, -0.2) is 7.05 Å². The molecule has 3 aromatic rings. The molecule has 19 heavy (non-hydrogen) atoms. The van der Waals surface area contributed by atoms with E-state index in [0.29, 0.717) is 4.71 Å². The molecule has 0 amide bonds. The first-order chi connectivity index (χ1) is 9.29. The van der Waals surface area contributed by atoms with E-state index >= 15 is 0 Å². The molecule has 3 rings (SSSR count). The van der Waals surface area contributed by atoms with Crippen LogP contribution in [0.5, 0.6) is 0 Å². The van der Waals surface area contributed by atoms with Crippen molar-refractivity contribution in [2.45, 2.75) is 0 Å². The van der Waals surface area contributed by atoms with Gasteiger partial charge in [-0.25, -0.2) is 0 Å². The van der Waals surface area contributed by atoms with E-state index in [4.69, 9.17) is 16.6 Å². The van der Waals surface area contributed by atoms with Gasteiger partial charge in [-0.3, -0.25) is 0 Å². The first-order valence-electron chi connectivity index (χ1n) is 6.09. The van der Waals surface area contributed by atoms with Crippen LogP contribution in [0.15, 0.2) is 59.0 Å². The smallest absolute Gasteiger partial charge is 0.198 e. The van der Waals surface area contributed by atoms with Crippen LogP contribution in [0, 0.1) is 4.71 Å². The Labute approximate surface area is 116 Å². The molecule has 0 radical (unpaired) electrons. The maximum Gasteiger partial charge on any atom is 0.198 e. The van der Waals surface area contributed by atoms with Gasteiger partial charge in [0.2, 0.25) is 0 Å². The molecule has 0 aliphatic heterocycles. The van der Waals surface area contributed by atoms with Crippen LogP contribution in [0.3, 0.4) is 0 Å². The summed E-state index contributed by atoms with van der Waals surface area (Å²) in [5.41, 5.74) is 2.04. The van der Waals surface area contributed by atoms with Gasteiger partial charge < -0.3 is 9.73 Å². The molecule has 0 aliphatic carbocycles. The number of para-hydroxylation sites is 1. The molecule has 2 aromatic carbocycles. The zero-order valence-corrected chi connectivity index (χ0v) is 11.3. The van der Waals surface area contributed by atoms with Crippen molar-refractivity contribution in [1.29, 1.82) is 0 Å². The van der Waals surface area contributed by atoms with Crippen LogP contribution in [0.1, 0.15) is 0 Å². The molecule has 0 spiro atoms. The summed E-state index contributed by atoms with van der Waals surface area (Å²) in [6.45, 7) is 0. The van der Waals surface area contributed by atoms with E-state index in [1.165, 1.54) is 0 Å².